The molecule has 0 N–H and O–H groups in total. The van der Waals surface area contributed by atoms with Crippen LogP contribution in [0.3, 0.4) is 0 Å². The van der Waals surface area contributed by atoms with Gasteiger partial charge in [-0.1, -0.05) is 188 Å². The highest BCUT2D eigenvalue weighted by atomic mass is 15.0. The summed E-state index contributed by atoms with van der Waals surface area (Å²) in [4.78, 5) is 15.3. The lowest BCUT2D eigenvalue weighted by atomic mass is 9.88. The third-order valence-electron chi connectivity index (χ3n) is 12.4. The van der Waals surface area contributed by atoms with Gasteiger partial charge in [0, 0.05) is 44.9 Å². The maximum absolute atomic E-state index is 5.17. The van der Waals surface area contributed by atoms with E-state index in [9.17, 15) is 0 Å². The van der Waals surface area contributed by atoms with Gasteiger partial charge in [0.1, 0.15) is 0 Å². The van der Waals surface area contributed by atoms with Crippen LogP contribution < -0.4 is 0 Å². The van der Waals surface area contributed by atoms with Crippen LogP contribution in [0.1, 0.15) is 22.7 Å². The number of rotatable bonds is 6. The number of hydrogen-bond acceptors (Lipinski definition) is 3. The van der Waals surface area contributed by atoms with E-state index in [1.165, 1.54) is 71.3 Å². The summed E-state index contributed by atoms with van der Waals surface area (Å²) >= 11 is 0. The Morgan fingerprint density at radius 3 is 1.57 bits per heavy atom. The van der Waals surface area contributed by atoms with Crippen molar-refractivity contribution in [3.8, 4) is 51.0 Å². The second kappa shape index (κ2) is 14.4. The SMILES string of the molecule is C1=CC(c2ccccc2)Cc2c1c1ccccc1n2-c1ccc2c3ccccc3c3cc(-c4nc(-c5ccccc5)nc(-c5ccc(-c6ccccc6)cc5)n4)ccc3c2c1. The first kappa shape index (κ1) is 35.0. The maximum Gasteiger partial charge on any atom is 0.164 e. The monoisotopic (exact) mass is 778 g/mol. The van der Waals surface area contributed by atoms with Crippen LogP contribution in [0.2, 0.25) is 0 Å². The third-order valence-corrected chi connectivity index (χ3v) is 12.4. The Morgan fingerprint density at radius 2 is 0.852 bits per heavy atom. The molecule has 0 fully saturated rings. The Labute approximate surface area is 353 Å². The van der Waals surface area contributed by atoms with Crippen molar-refractivity contribution in [1.82, 2.24) is 19.5 Å². The van der Waals surface area contributed by atoms with E-state index in [0.29, 0.717) is 23.4 Å². The molecule has 1 aliphatic rings. The molecule has 1 unspecified atom stereocenters. The van der Waals surface area contributed by atoms with Gasteiger partial charge in [-0.3, -0.25) is 0 Å². The summed E-state index contributed by atoms with van der Waals surface area (Å²) in [5.74, 6) is 2.24. The summed E-state index contributed by atoms with van der Waals surface area (Å²) in [5, 5.41) is 8.52. The summed E-state index contributed by atoms with van der Waals surface area (Å²) in [6.45, 7) is 0. The molecule has 286 valence electrons. The van der Waals surface area contributed by atoms with Crippen LogP contribution >= 0.6 is 0 Å². The van der Waals surface area contributed by atoms with Crippen LogP contribution in [-0.4, -0.2) is 19.5 Å². The highest BCUT2D eigenvalue weighted by Gasteiger charge is 2.24. The number of nitrogens with zero attached hydrogens (tertiary/aromatic N) is 4. The first-order valence-corrected chi connectivity index (χ1v) is 21.0. The average Bonchev–Trinajstić information content (AvgIpc) is 3.68. The quantitative estimate of drug-likeness (QED) is 0.158. The number of aromatic nitrogens is 4. The van der Waals surface area contributed by atoms with Gasteiger partial charge in [-0.2, -0.15) is 0 Å². The molecule has 0 saturated carbocycles. The third kappa shape index (κ3) is 6.03. The highest BCUT2D eigenvalue weighted by Crippen LogP contribution is 2.42. The molecule has 2 aromatic heterocycles. The molecule has 0 aliphatic heterocycles. The van der Waals surface area contributed by atoms with Gasteiger partial charge in [-0.05, 0) is 79.7 Å². The van der Waals surface area contributed by atoms with E-state index in [2.05, 4.69) is 193 Å². The summed E-state index contributed by atoms with van der Waals surface area (Å²) in [6.07, 6.45) is 5.66. The summed E-state index contributed by atoms with van der Waals surface area (Å²) in [7, 11) is 0. The molecule has 9 aromatic carbocycles. The molecule has 61 heavy (non-hydrogen) atoms. The van der Waals surface area contributed by atoms with Gasteiger partial charge in [0.25, 0.3) is 0 Å². The zero-order valence-corrected chi connectivity index (χ0v) is 33.3. The normalized spacial score (nSPS) is 13.6. The fourth-order valence-corrected chi connectivity index (χ4v) is 9.43. The molecule has 12 rings (SSSR count). The van der Waals surface area contributed by atoms with Crippen LogP contribution in [0.15, 0.2) is 206 Å². The summed E-state index contributed by atoms with van der Waals surface area (Å²) in [5.41, 5.74) is 11.6. The van der Waals surface area contributed by atoms with Crippen molar-refractivity contribution in [1.29, 1.82) is 0 Å². The van der Waals surface area contributed by atoms with E-state index in [-0.39, 0.29) is 0 Å². The van der Waals surface area contributed by atoms with Gasteiger partial charge in [-0.25, -0.2) is 15.0 Å². The van der Waals surface area contributed by atoms with Crippen molar-refractivity contribution in [2.24, 2.45) is 0 Å². The lowest BCUT2D eigenvalue weighted by Crippen LogP contribution is -2.10. The van der Waals surface area contributed by atoms with Crippen molar-refractivity contribution in [3.05, 3.63) is 223 Å². The van der Waals surface area contributed by atoms with E-state index < -0.39 is 0 Å². The standard InChI is InChI=1S/C57H38N4/c1-4-14-37(15-5-1)39-24-26-41(27-25-39)56-58-55(40-18-8-3-9-19-40)59-57(60-56)43-29-31-48-51(34-43)46-21-11-10-20-45(46)47-33-30-44(36-52(47)48)61-53-23-13-12-22-49(53)50-32-28-42(35-54(50)61)38-16-6-2-7-17-38/h1-34,36,42H,35H2. The van der Waals surface area contributed by atoms with Crippen LogP contribution in [-0.2, 0) is 6.42 Å². The van der Waals surface area contributed by atoms with Crippen molar-refractivity contribution in [2.75, 3.05) is 0 Å². The van der Waals surface area contributed by atoms with E-state index >= 15 is 0 Å². The maximum atomic E-state index is 5.17. The first-order valence-electron chi connectivity index (χ1n) is 21.0. The molecule has 0 spiro atoms. The number of benzene rings is 9. The van der Waals surface area contributed by atoms with Gasteiger partial charge in [0.05, 0.1) is 5.52 Å². The minimum Gasteiger partial charge on any atom is -0.313 e. The van der Waals surface area contributed by atoms with E-state index in [1.807, 2.05) is 24.3 Å². The average molecular weight is 779 g/mol. The molecular weight excluding hydrogens is 741 g/mol. The topological polar surface area (TPSA) is 43.6 Å². The Balaban J connectivity index is 1.02. The minimum atomic E-state index is 0.312. The van der Waals surface area contributed by atoms with E-state index in [0.717, 1.165) is 28.7 Å². The zero-order chi connectivity index (χ0) is 40.3. The molecule has 4 heteroatoms. The molecule has 4 nitrogen and oxygen atoms in total. The second-order valence-corrected chi connectivity index (χ2v) is 15.9. The van der Waals surface area contributed by atoms with Crippen molar-refractivity contribution >= 4 is 49.3 Å². The number of hydrogen-bond donors (Lipinski definition) is 0. The predicted molar refractivity (Wildman–Crippen MR) is 253 cm³/mol. The van der Waals surface area contributed by atoms with Gasteiger partial charge in [0.2, 0.25) is 0 Å². The van der Waals surface area contributed by atoms with Gasteiger partial charge < -0.3 is 4.57 Å². The van der Waals surface area contributed by atoms with Crippen LogP contribution in [0.4, 0.5) is 0 Å². The Bertz CT molecular complexity index is 3480. The molecule has 0 amide bonds. The van der Waals surface area contributed by atoms with Gasteiger partial charge in [0.15, 0.2) is 17.5 Å². The molecular formula is C57H38N4. The molecule has 1 atom stereocenters. The van der Waals surface area contributed by atoms with E-state index in [4.69, 9.17) is 15.0 Å². The molecule has 0 saturated heterocycles. The zero-order valence-electron chi connectivity index (χ0n) is 33.3. The molecule has 0 radical (unpaired) electrons. The second-order valence-electron chi connectivity index (χ2n) is 15.9. The summed E-state index contributed by atoms with van der Waals surface area (Å²) < 4.78 is 2.50. The van der Waals surface area contributed by atoms with E-state index in [1.54, 1.807) is 0 Å². The molecule has 11 aromatic rings. The molecule has 2 heterocycles. The Morgan fingerprint density at radius 1 is 0.377 bits per heavy atom. The van der Waals surface area contributed by atoms with Crippen LogP contribution in [0.5, 0.6) is 0 Å². The smallest absolute Gasteiger partial charge is 0.164 e. The van der Waals surface area contributed by atoms with Gasteiger partial charge in [-0.15, -0.1) is 0 Å². The van der Waals surface area contributed by atoms with Crippen LogP contribution in [0, 0.1) is 0 Å². The largest absolute Gasteiger partial charge is 0.313 e. The fourth-order valence-electron chi connectivity index (χ4n) is 9.43. The van der Waals surface area contributed by atoms with Gasteiger partial charge >= 0.3 is 0 Å². The number of allylic oxidation sites excluding steroid dienone is 1. The Hall–Kier alpha value is -7.95. The first-order chi connectivity index (χ1) is 30.2. The molecule has 0 bridgehead atoms. The fraction of sp³-hybridized carbons (Fsp3) is 0.0351. The van der Waals surface area contributed by atoms with Crippen LogP contribution in [0.25, 0.3) is 100 Å². The van der Waals surface area contributed by atoms with Crippen molar-refractivity contribution in [3.63, 3.8) is 0 Å². The molecule has 1 aliphatic carbocycles. The Kier molecular flexibility index (Phi) is 8.27. The number of para-hydroxylation sites is 1. The lowest BCUT2D eigenvalue weighted by molar-refractivity contribution is 0.783. The minimum absolute atomic E-state index is 0.312. The predicted octanol–water partition coefficient (Wildman–Crippen LogP) is 14.3. The number of fused-ring (bicyclic) bond motifs is 9. The summed E-state index contributed by atoms with van der Waals surface area (Å²) in [6, 6.07) is 71.4. The highest BCUT2D eigenvalue weighted by molar-refractivity contribution is 6.26. The lowest BCUT2D eigenvalue weighted by Gasteiger charge is -2.21. The van der Waals surface area contributed by atoms with Crippen molar-refractivity contribution in [2.45, 2.75) is 12.3 Å². The van der Waals surface area contributed by atoms with Crippen molar-refractivity contribution < 1.29 is 0 Å².